The first-order valence-corrected chi connectivity index (χ1v) is 14.9. The summed E-state index contributed by atoms with van der Waals surface area (Å²) < 4.78 is 54.5. The van der Waals surface area contributed by atoms with Crippen LogP contribution in [-0.2, 0) is 10.1 Å². The highest BCUT2D eigenvalue weighted by atomic mass is 32.2. The van der Waals surface area contributed by atoms with Crippen LogP contribution < -0.4 is 29.6 Å². The van der Waals surface area contributed by atoms with Crippen molar-refractivity contribution < 1.29 is 31.9 Å². The Labute approximate surface area is 215 Å². The third kappa shape index (κ3) is 7.96. The first-order valence-electron chi connectivity index (χ1n) is 11.7. The number of hydrogen-bond acceptors (Lipinski definition) is 11. The molecule has 0 bridgehead atoms. The first kappa shape index (κ1) is 28.0. The fourth-order valence-corrected chi connectivity index (χ4v) is 6.02. The summed E-state index contributed by atoms with van der Waals surface area (Å²) in [5.41, 5.74) is 0. The lowest BCUT2D eigenvalue weighted by Crippen LogP contribution is -2.39. The number of rotatable bonds is 9. The maximum absolute atomic E-state index is 10.4. The molecular formula is C23H35N2O7S3-. The van der Waals surface area contributed by atoms with Gasteiger partial charge in [-0.2, -0.15) is 0 Å². The third-order valence-electron chi connectivity index (χ3n) is 5.40. The molecule has 0 fully saturated rings. The minimum atomic E-state index is -4.16. The molecule has 198 valence electrons. The maximum atomic E-state index is 10.4. The summed E-state index contributed by atoms with van der Waals surface area (Å²) in [6.45, 7) is 13.8. The first-order chi connectivity index (χ1) is 16.6. The Hall–Kier alpha value is -1.57. The Balaban J connectivity index is 0.000000198. The summed E-state index contributed by atoms with van der Waals surface area (Å²) >= 11 is 3.37. The molecule has 0 amide bonds. The van der Waals surface area contributed by atoms with Crippen LogP contribution in [0.3, 0.4) is 0 Å². The van der Waals surface area contributed by atoms with Gasteiger partial charge in [0.2, 0.25) is 0 Å². The Morgan fingerprint density at radius 3 is 1.66 bits per heavy atom. The number of fused-ring (bicyclic) bond motifs is 2. The van der Waals surface area contributed by atoms with Gasteiger partial charge in [-0.3, -0.25) is 0 Å². The molecule has 0 radical (unpaired) electrons. The fourth-order valence-electron chi connectivity index (χ4n) is 3.75. The van der Waals surface area contributed by atoms with Gasteiger partial charge >= 0.3 is 0 Å². The second-order valence-corrected chi connectivity index (χ2v) is 12.9. The molecule has 35 heavy (non-hydrogen) atoms. The normalized spacial score (nSPS) is 18.7. The summed E-state index contributed by atoms with van der Waals surface area (Å²) in [6, 6.07) is 0. The van der Waals surface area contributed by atoms with Crippen molar-refractivity contribution in [2.24, 2.45) is 0 Å². The minimum absolute atomic E-state index is 0.125. The predicted molar refractivity (Wildman–Crippen MR) is 138 cm³/mol. The summed E-state index contributed by atoms with van der Waals surface area (Å²) in [5.74, 6) is 3.08. The number of aryl methyl sites for hydroxylation is 4. The molecule has 2 aromatic rings. The van der Waals surface area contributed by atoms with Crippen molar-refractivity contribution >= 4 is 32.8 Å². The summed E-state index contributed by atoms with van der Waals surface area (Å²) in [6.07, 6.45) is 1.12. The number of thiophene rings is 2. The molecule has 12 heteroatoms. The lowest BCUT2D eigenvalue weighted by Gasteiger charge is -2.26. The molecule has 0 saturated heterocycles. The molecule has 2 aromatic heterocycles. The predicted octanol–water partition coefficient (Wildman–Crippen LogP) is 3.14. The number of nitrogens with one attached hydrogen (secondary N) is 2. The zero-order valence-corrected chi connectivity index (χ0v) is 23.3. The SMILES string of the molecule is CCCNCC1COc2c(C)sc(C)c2O1.Cc1sc(C)c2c1OCC(CNCCS(=O)(=O)[O-])O2. The zero-order chi connectivity index (χ0) is 25.6. The van der Waals surface area contributed by atoms with E-state index in [0.29, 0.717) is 19.8 Å². The molecule has 2 aliphatic rings. The van der Waals surface area contributed by atoms with E-state index in [2.05, 4.69) is 31.4 Å². The maximum Gasteiger partial charge on any atom is 0.175 e. The van der Waals surface area contributed by atoms with Crippen molar-refractivity contribution in [3.8, 4) is 23.0 Å². The van der Waals surface area contributed by atoms with E-state index < -0.39 is 15.9 Å². The van der Waals surface area contributed by atoms with E-state index in [0.717, 1.165) is 52.3 Å². The molecule has 4 heterocycles. The second-order valence-electron chi connectivity index (χ2n) is 8.52. The average Bonchev–Trinajstić information content (AvgIpc) is 3.25. The van der Waals surface area contributed by atoms with Crippen LogP contribution in [0.2, 0.25) is 0 Å². The van der Waals surface area contributed by atoms with Crippen LogP contribution in [0.5, 0.6) is 23.0 Å². The highest BCUT2D eigenvalue weighted by Gasteiger charge is 2.27. The van der Waals surface area contributed by atoms with Crippen LogP contribution in [0.15, 0.2) is 0 Å². The van der Waals surface area contributed by atoms with E-state index in [1.807, 2.05) is 13.8 Å². The monoisotopic (exact) mass is 547 g/mol. The van der Waals surface area contributed by atoms with Crippen molar-refractivity contribution in [3.05, 3.63) is 19.5 Å². The lowest BCUT2D eigenvalue weighted by atomic mass is 10.3. The van der Waals surface area contributed by atoms with Gasteiger partial charge in [-0.05, 0) is 40.7 Å². The summed E-state index contributed by atoms with van der Waals surface area (Å²) in [4.78, 5) is 4.59. The second kappa shape index (κ2) is 12.6. The molecule has 2 unspecified atom stereocenters. The van der Waals surface area contributed by atoms with Gasteiger partial charge < -0.3 is 34.1 Å². The van der Waals surface area contributed by atoms with Gasteiger partial charge in [-0.1, -0.05) is 6.92 Å². The van der Waals surface area contributed by atoms with Crippen molar-refractivity contribution in [3.63, 3.8) is 0 Å². The summed E-state index contributed by atoms with van der Waals surface area (Å²) in [7, 11) is -4.16. The van der Waals surface area contributed by atoms with E-state index in [-0.39, 0.29) is 18.8 Å². The average molecular weight is 548 g/mol. The third-order valence-corrected chi connectivity index (χ3v) is 8.07. The van der Waals surface area contributed by atoms with Gasteiger partial charge in [0, 0.05) is 39.1 Å². The molecule has 0 aromatic carbocycles. The minimum Gasteiger partial charge on any atom is -0.748 e. The van der Waals surface area contributed by atoms with Gasteiger partial charge in [0.25, 0.3) is 0 Å². The van der Waals surface area contributed by atoms with Crippen LogP contribution in [0, 0.1) is 27.7 Å². The molecule has 4 rings (SSSR count). The molecule has 2 atom stereocenters. The molecular weight excluding hydrogens is 512 g/mol. The Morgan fingerprint density at radius 2 is 1.23 bits per heavy atom. The van der Waals surface area contributed by atoms with Gasteiger partial charge in [0.05, 0.1) is 15.9 Å². The molecule has 0 saturated carbocycles. The van der Waals surface area contributed by atoms with Gasteiger partial charge in [0.15, 0.2) is 23.0 Å². The number of hydrogen-bond donors (Lipinski definition) is 2. The summed E-state index contributed by atoms with van der Waals surface area (Å²) in [5, 5.41) is 6.25. The molecule has 0 spiro atoms. The van der Waals surface area contributed by atoms with E-state index in [9.17, 15) is 13.0 Å². The van der Waals surface area contributed by atoms with E-state index in [1.165, 1.54) is 9.75 Å². The Bertz CT molecular complexity index is 1080. The van der Waals surface area contributed by atoms with E-state index in [4.69, 9.17) is 18.9 Å². The van der Waals surface area contributed by atoms with Crippen molar-refractivity contribution in [1.29, 1.82) is 0 Å². The Morgan fingerprint density at radius 1 is 0.800 bits per heavy atom. The van der Waals surface area contributed by atoms with Crippen LogP contribution in [0.25, 0.3) is 0 Å². The topological polar surface area (TPSA) is 118 Å². The quantitative estimate of drug-likeness (QED) is 0.360. The Kier molecular flexibility index (Phi) is 10.1. The zero-order valence-electron chi connectivity index (χ0n) is 20.9. The highest BCUT2D eigenvalue weighted by Crippen LogP contribution is 2.44. The van der Waals surface area contributed by atoms with Crippen LogP contribution in [-0.4, -0.2) is 70.3 Å². The van der Waals surface area contributed by atoms with E-state index in [1.54, 1.807) is 22.7 Å². The smallest absolute Gasteiger partial charge is 0.175 e. The lowest BCUT2D eigenvalue weighted by molar-refractivity contribution is 0.0906. The van der Waals surface area contributed by atoms with Crippen molar-refractivity contribution in [2.45, 2.75) is 53.2 Å². The molecule has 0 aliphatic carbocycles. The van der Waals surface area contributed by atoms with Crippen LogP contribution in [0.1, 0.15) is 32.9 Å². The molecule has 2 N–H and O–H groups in total. The molecule has 9 nitrogen and oxygen atoms in total. The van der Waals surface area contributed by atoms with Crippen LogP contribution in [0.4, 0.5) is 0 Å². The van der Waals surface area contributed by atoms with E-state index >= 15 is 0 Å². The standard InChI is InChI=1S/C12H19NO2S.C11H17NO5S2/c1-4-5-13-6-10-7-14-11-8(2)16-9(3)12(11)15-10;1-7-10-11(8(2)18-7)17-9(6-16-10)5-12-3-4-19(13,14)15/h10,13H,4-7H2,1-3H3;9,12H,3-6H2,1-2H3,(H,13,14,15)/p-1. The van der Waals surface area contributed by atoms with Gasteiger partial charge in [-0.15, -0.1) is 22.7 Å². The van der Waals surface area contributed by atoms with Crippen molar-refractivity contribution in [2.75, 3.05) is 45.1 Å². The van der Waals surface area contributed by atoms with Crippen LogP contribution >= 0.6 is 22.7 Å². The van der Waals surface area contributed by atoms with Gasteiger partial charge in [0.1, 0.15) is 25.4 Å². The largest absolute Gasteiger partial charge is 0.748 e. The highest BCUT2D eigenvalue weighted by molar-refractivity contribution is 7.85. The molecule has 2 aliphatic heterocycles. The van der Waals surface area contributed by atoms with Crippen molar-refractivity contribution in [1.82, 2.24) is 10.6 Å². The van der Waals surface area contributed by atoms with Gasteiger partial charge in [-0.25, -0.2) is 8.42 Å². The fraction of sp³-hybridized carbons (Fsp3) is 0.652. The number of ether oxygens (including phenoxy) is 4.